The molecule has 7 nitrogen and oxygen atoms in total. The average molecular weight is 362 g/mol. The molecule has 27 heavy (non-hydrogen) atoms. The van der Waals surface area contributed by atoms with Crippen LogP contribution in [0, 0.1) is 5.41 Å². The first-order valence-corrected chi connectivity index (χ1v) is 8.51. The molecule has 3 aromatic rings. The van der Waals surface area contributed by atoms with Crippen LogP contribution in [-0.2, 0) is 4.74 Å². The van der Waals surface area contributed by atoms with E-state index in [-0.39, 0.29) is 12.4 Å². The SMILES string of the molecule is N=C(N)c1cccc(N2CC(COc3cccc4cccnc34)OC2=O)c1. The zero-order chi connectivity index (χ0) is 18.8. The normalized spacial score (nSPS) is 16.4. The number of rotatable bonds is 5. The Morgan fingerprint density at radius 3 is 2.93 bits per heavy atom. The number of nitrogen functional groups attached to an aromatic ring is 1. The summed E-state index contributed by atoms with van der Waals surface area (Å²) >= 11 is 0. The minimum Gasteiger partial charge on any atom is -0.487 e. The van der Waals surface area contributed by atoms with Crippen LogP contribution in [0.4, 0.5) is 10.5 Å². The molecule has 3 N–H and O–H groups in total. The third-order valence-electron chi connectivity index (χ3n) is 4.36. The number of aromatic nitrogens is 1. The Morgan fingerprint density at radius 1 is 1.26 bits per heavy atom. The summed E-state index contributed by atoms with van der Waals surface area (Å²) in [6.45, 7) is 0.586. The van der Waals surface area contributed by atoms with Gasteiger partial charge in [0.1, 0.15) is 23.7 Å². The Morgan fingerprint density at radius 2 is 2.07 bits per heavy atom. The molecule has 2 heterocycles. The zero-order valence-electron chi connectivity index (χ0n) is 14.5. The van der Waals surface area contributed by atoms with Crippen LogP contribution in [0.15, 0.2) is 60.8 Å². The standard InChI is InChI=1S/C20H18N4O3/c21-19(22)14-5-1-7-15(10-14)24-11-16(27-20(24)25)12-26-17-8-2-4-13-6-3-9-23-18(13)17/h1-10,16H,11-12H2,(H3,21,22). The minimum atomic E-state index is -0.444. The van der Waals surface area contributed by atoms with E-state index in [9.17, 15) is 4.79 Å². The van der Waals surface area contributed by atoms with Crippen molar-refractivity contribution in [1.29, 1.82) is 5.41 Å². The van der Waals surface area contributed by atoms with Gasteiger partial charge in [-0.15, -0.1) is 0 Å². The number of fused-ring (bicyclic) bond motifs is 1. The molecule has 0 saturated carbocycles. The summed E-state index contributed by atoms with van der Waals surface area (Å²) in [5.41, 5.74) is 7.49. The fraction of sp³-hybridized carbons (Fsp3) is 0.150. The third-order valence-corrected chi connectivity index (χ3v) is 4.36. The highest BCUT2D eigenvalue weighted by Crippen LogP contribution is 2.26. The number of amides is 1. The smallest absolute Gasteiger partial charge is 0.414 e. The summed E-state index contributed by atoms with van der Waals surface area (Å²) < 4.78 is 11.3. The van der Waals surface area contributed by atoms with Crippen molar-refractivity contribution in [3.63, 3.8) is 0 Å². The molecule has 0 aliphatic carbocycles. The Kier molecular flexibility index (Phi) is 4.33. The van der Waals surface area contributed by atoms with Crippen molar-refractivity contribution in [3.05, 3.63) is 66.4 Å². The van der Waals surface area contributed by atoms with Crippen LogP contribution in [0.5, 0.6) is 5.75 Å². The number of para-hydroxylation sites is 1. The second-order valence-electron chi connectivity index (χ2n) is 6.22. The lowest BCUT2D eigenvalue weighted by Crippen LogP contribution is -2.27. The predicted octanol–water partition coefficient (Wildman–Crippen LogP) is 2.92. The summed E-state index contributed by atoms with van der Waals surface area (Å²) in [5.74, 6) is 0.605. The van der Waals surface area contributed by atoms with Crippen molar-refractivity contribution < 1.29 is 14.3 Å². The number of carbonyl (C=O) groups excluding carboxylic acids is 1. The van der Waals surface area contributed by atoms with Crippen molar-refractivity contribution in [3.8, 4) is 5.75 Å². The number of nitrogens with zero attached hydrogens (tertiary/aromatic N) is 2. The van der Waals surface area contributed by atoms with Crippen molar-refractivity contribution >= 4 is 28.5 Å². The van der Waals surface area contributed by atoms with E-state index in [1.165, 1.54) is 4.90 Å². The molecule has 2 aromatic carbocycles. The summed E-state index contributed by atoms with van der Waals surface area (Å²) in [7, 11) is 0. The van der Waals surface area contributed by atoms with Crippen LogP contribution >= 0.6 is 0 Å². The van der Waals surface area contributed by atoms with E-state index in [2.05, 4.69) is 4.98 Å². The minimum absolute atomic E-state index is 0.0484. The zero-order valence-corrected chi connectivity index (χ0v) is 14.5. The molecular formula is C20H18N4O3. The molecule has 1 saturated heterocycles. The van der Waals surface area contributed by atoms with E-state index >= 15 is 0 Å². The van der Waals surface area contributed by atoms with Gasteiger partial charge in [-0.3, -0.25) is 15.3 Å². The van der Waals surface area contributed by atoms with Gasteiger partial charge in [0.25, 0.3) is 0 Å². The van der Waals surface area contributed by atoms with Gasteiger partial charge in [0.05, 0.1) is 6.54 Å². The fourth-order valence-corrected chi connectivity index (χ4v) is 3.04. The largest absolute Gasteiger partial charge is 0.487 e. The van der Waals surface area contributed by atoms with Crippen LogP contribution in [0.3, 0.4) is 0 Å². The van der Waals surface area contributed by atoms with Crippen LogP contribution in [-0.4, -0.2) is 36.2 Å². The van der Waals surface area contributed by atoms with E-state index in [0.29, 0.717) is 23.5 Å². The number of hydrogen-bond donors (Lipinski definition) is 2. The Bertz CT molecular complexity index is 1020. The molecule has 0 radical (unpaired) electrons. The molecule has 1 aromatic heterocycles. The number of pyridine rings is 1. The highest BCUT2D eigenvalue weighted by Gasteiger charge is 2.33. The molecule has 1 fully saturated rings. The van der Waals surface area contributed by atoms with Crippen LogP contribution < -0.4 is 15.4 Å². The number of carbonyl (C=O) groups is 1. The third kappa shape index (κ3) is 3.39. The number of benzene rings is 2. The van der Waals surface area contributed by atoms with Crippen LogP contribution in [0.1, 0.15) is 5.56 Å². The summed E-state index contributed by atoms with van der Waals surface area (Å²) in [6.07, 6.45) is 0.868. The van der Waals surface area contributed by atoms with Crippen molar-refractivity contribution in [2.45, 2.75) is 6.10 Å². The first-order chi connectivity index (χ1) is 13.1. The second kappa shape index (κ2) is 6.95. The molecule has 0 bridgehead atoms. The second-order valence-corrected chi connectivity index (χ2v) is 6.22. The molecule has 1 amide bonds. The molecule has 1 aliphatic rings. The fourth-order valence-electron chi connectivity index (χ4n) is 3.04. The first-order valence-electron chi connectivity index (χ1n) is 8.51. The van der Waals surface area contributed by atoms with Crippen LogP contribution in [0.25, 0.3) is 10.9 Å². The molecular weight excluding hydrogens is 344 g/mol. The Hall–Kier alpha value is -3.61. The number of nitrogens with one attached hydrogen (secondary N) is 1. The number of hydrogen-bond acceptors (Lipinski definition) is 5. The monoisotopic (exact) mass is 362 g/mol. The van der Waals surface area contributed by atoms with Gasteiger partial charge in [-0.05, 0) is 24.3 Å². The Balaban J connectivity index is 1.47. The molecule has 1 aliphatic heterocycles. The van der Waals surface area contributed by atoms with Gasteiger partial charge in [0.15, 0.2) is 6.10 Å². The van der Waals surface area contributed by atoms with Gasteiger partial charge in [-0.2, -0.15) is 0 Å². The summed E-state index contributed by atoms with van der Waals surface area (Å²) in [5, 5.41) is 8.52. The van der Waals surface area contributed by atoms with Crippen molar-refractivity contribution in [1.82, 2.24) is 4.98 Å². The maximum atomic E-state index is 12.2. The van der Waals surface area contributed by atoms with E-state index in [1.54, 1.807) is 30.5 Å². The van der Waals surface area contributed by atoms with Gasteiger partial charge in [-0.1, -0.05) is 30.3 Å². The lowest BCUT2D eigenvalue weighted by molar-refractivity contribution is 0.105. The molecule has 136 valence electrons. The maximum Gasteiger partial charge on any atom is 0.414 e. The molecule has 1 atom stereocenters. The molecule has 4 rings (SSSR count). The van der Waals surface area contributed by atoms with Crippen molar-refractivity contribution in [2.24, 2.45) is 5.73 Å². The summed E-state index contributed by atoms with van der Waals surface area (Å²) in [6, 6.07) is 16.5. The van der Waals surface area contributed by atoms with Crippen molar-refractivity contribution in [2.75, 3.05) is 18.1 Å². The summed E-state index contributed by atoms with van der Waals surface area (Å²) in [4.78, 5) is 18.1. The van der Waals surface area contributed by atoms with E-state index < -0.39 is 12.2 Å². The number of anilines is 1. The first kappa shape index (κ1) is 16.8. The maximum absolute atomic E-state index is 12.2. The topological polar surface area (TPSA) is 102 Å². The number of amidine groups is 1. The molecule has 7 heteroatoms. The number of nitrogens with two attached hydrogens (primary N) is 1. The van der Waals surface area contributed by atoms with Crippen LogP contribution in [0.2, 0.25) is 0 Å². The van der Waals surface area contributed by atoms with Gasteiger partial charge < -0.3 is 15.2 Å². The quantitative estimate of drug-likeness (QED) is 0.537. The van der Waals surface area contributed by atoms with E-state index in [4.69, 9.17) is 20.6 Å². The Labute approximate surface area is 155 Å². The molecule has 1 unspecified atom stereocenters. The lowest BCUT2D eigenvalue weighted by Gasteiger charge is -2.14. The van der Waals surface area contributed by atoms with Gasteiger partial charge in [-0.25, -0.2) is 4.79 Å². The van der Waals surface area contributed by atoms with Gasteiger partial charge in [0.2, 0.25) is 0 Å². The highest BCUT2D eigenvalue weighted by atomic mass is 16.6. The van der Waals surface area contributed by atoms with Gasteiger partial charge >= 0.3 is 6.09 Å². The van der Waals surface area contributed by atoms with E-state index in [1.807, 2.05) is 30.3 Å². The number of cyclic esters (lactones) is 1. The predicted molar refractivity (Wildman–Crippen MR) is 102 cm³/mol. The number of ether oxygens (including phenoxy) is 2. The average Bonchev–Trinajstić information content (AvgIpc) is 3.07. The van der Waals surface area contributed by atoms with E-state index in [0.717, 1.165) is 10.9 Å². The van der Waals surface area contributed by atoms with Gasteiger partial charge in [0, 0.05) is 22.8 Å². The lowest BCUT2D eigenvalue weighted by atomic mass is 10.1. The highest BCUT2D eigenvalue weighted by molar-refractivity contribution is 5.97. The molecule has 0 spiro atoms.